The molecule has 0 bridgehead atoms. The molecule has 0 radical (unpaired) electrons. The van der Waals surface area contributed by atoms with Crippen LogP contribution in [0.25, 0.3) is 0 Å². The first-order valence-corrected chi connectivity index (χ1v) is 4.07. The van der Waals surface area contributed by atoms with Crippen molar-refractivity contribution in [2.45, 2.75) is 39.2 Å². The number of halogens is 1. The van der Waals surface area contributed by atoms with Gasteiger partial charge >= 0.3 is 0 Å². The van der Waals surface area contributed by atoms with Crippen molar-refractivity contribution in [3.05, 3.63) is 0 Å². The van der Waals surface area contributed by atoms with Crippen LogP contribution in [0.15, 0.2) is 0 Å². The van der Waals surface area contributed by atoms with E-state index in [2.05, 4.69) is 13.8 Å². The van der Waals surface area contributed by atoms with Gasteiger partial charge in [0.25, 0.3) is 0 Å². The topological polar surface area (TPSA) is 46.2 Å². The average Bonchev–Trinajstić information content (AvgIpc) is 1.88. The Morgan fingerprint density at radius 2 is 2.00 bits per heavy atom. The highest BCUT2D eigenvalue weighted by atomic mass is 35.5. The molecule has 0 spiro atoms. The molecule has 0 rings (SSSR count). The van der Waals surface area contributed by atoms with Gasteiger partial charge in [0.05, 0.1) is 6.61 Å². The van der Waals surface area contributed by atoms with Crippen molar-refractivity contribution in [2.75, 3.05) is 6.61 Å². The van der Waals surface area contributed by atoms with Gasteiger partial charge in [-0.3, -0.25) is 0 Å². The summed E-state index contributed by atoms with van der Waals surface area (Å²) in [5, 5.41) is 8.63. The van der Waals surface area contributed by atoms with Crippen LogP contribution < -0.4 is 5.73 Å². The van der Waals surface area contributed by atoms with E-state index >= 15 is 0 Å². The van der Waals surface area contributed by atoms with Gasteiger partial charge in [-0.05, 0) is 12.3 Å². The third-order valence-corrected chi connectivity index (χ3v) is 1.72. The molecule has 70 valence electrons. The van der Waals surface area contributed by atoms with Gasteiger partial charge in [-0.25, -0.2) is 0 Å². The minimum Gasteiger partial charge on any atom is -0.395 e. The zero-order chi connectivity index (χ0) is 7.98. The molecule has 0 aliphatic carbocycles. The summed E-state index contributed by atoms with van der Waals surface area (Å²) in [6, 6.07) is -0.0125. The van der Waals surface area contributed by atoms with Crippen molar-refractivity contribution >= 4 is 12.4 Å². The first kappa shape index (κ1) is 13.8. The second-order valence-corrected chi connectivity index (χ2v) is 3.07. The molecule has 0 heterocycles. The van der Waals surface area contributed by atoms with Crippen LogP contribution in [0.4, 0.5) is 0 Å². The average molecular weight is 182 g/mol. The quantitative estimate of drug-likeness (QED) is 0.676. The third-order valence-electron chi connectivity index (χ3n) is 1.72. The number of rotatable bonds is 5. The molecule has 0 saturated heterocycles. The molecule has 2 atom stereocenters. The Morgan fingerprint density at radius 1 is 1.45 bits per heavy atom. The Morgan fingerprint density at radius 3 is 2.36 bits per heavy atom. The second kappa shape index (κ2) is 8.31. The van der Waals surface area contributed by atoms with Crippen LogP contribution in [0.5, 0.6) is 0 Å². The lowest BCUT2D eigenvalue weighted by Crippen LogP contribution is -2.26. The second-order valence-electron chi connectivity index (χ2n) is 3.07. The molecule has 0 aliphatic heterocycles. The zero-order valence-electron chi connectivity index (χ0n) is 7.42. The molecule has 0 aromatic carbocycles. The van der Waals surface area contributed by atoms with Crippen molar-refractivity contribution < 1.29 is 5.11 Å². The van der Waals surface area contributed by atoms with Gasteiger partial charge in [0.1, 0.15) is 0 Å². The summed E-state index contributed by atoms with van der Waals surface area (Å²) in [6.07, 6.45) is 3.37. The van der Waals surface area contributed by atoms with Crippen LogP contribution >= 0.6 is 12.4 Å². The Bertz CT molecular complexity index is 80.5. The molecule has 0 amide bonds. The Hall–Kier alpha value is 0.210. The van der Waals surface area contributed by atoms with Crippen LogP contribution in [0, 0.1) is 5.92 Å². The maximum atomic E-state index is 8.63. The standard InChI is InChI=1S/C8H19NO.ClH/c1-3-4-7(2)5-8(9)6-10;/h7-8,10H,3-6,9H2,1-2H3;1H. The van der Waals surface area contributed by atoms with Crippen molar-refractivity contribution in [2.24, 2.45) is 11.7 Å². The van der Waals surface area contributed by atoms with Crippen LogP contribution in [0.3, 0.4) is 0 Å². The molecular weight excluding hydrogens is 162 g/mol. The van der Waals surface area contributed by atoms with Gasteiger partial charge in [0.15, 0.2) is 0 Å². The minimum absolute atomic E-state index is 0. The van der Waals surface area contributed by atoms with Gasteiger partial charge in [0, 0.05) is 6.04 Å². The number of nitrogens with two attached hydrogens (primary N) is 1. The number of hydrogen-bond donors (Lipinski definition) is 2. The molecule has 0 saturated carbocycles. The highest BCUT2D eigenvalue weighted by molar-refractivity contribution is 5.85. The van der Waals surface area contributed by atoms with Gasteiger partial charge in [-0.2, -0.15) is 0 Å². The van der Waals surface area contributed by atoms with E-state index in [0.29, 0.717) is 5.92 Å². The highest BCUT2D eigenvalue weighted by Crippen LogP contribution is 2.10. The summed E-state index contributed by atoms with van der Waals surface area (Å²) in [5.74, 6) is 0.659. The predicted molar refractivity (Wildman–Crippen MR) is 51.0 cm³/mol. The molecule has 11 heavy (non-hydrogen) atoms. The monoisotopic (exact) mass is 181 g/mol. The predicted octanol–water partition coefficient (Wildman–Crippen LogP) is 1.55. The lowest BCUT2D eigenvalue weighted by atomic mass is 9.98. The number of aliphatic hydroxyl groups excluding tert-OH is 1. The largest absolute Gasteiger partial charge is 0.395 e. The zero-order valence-corrected chi connectivity index (χ0v) is 8.23. The molecule has 0 fully saturated rings. The maximum Gasteiger partial charge on any atom is 0.0582 e. The third kappa shape index (κ3) is 8.11. The van der Waals surface area contributed by atoms with Crippen LogP contribution in [0.2, 0.25) is 0 Å². The summed E-state index contributed by atoms with van der Waals surface area (Å²) in [6.45, 7) is 4.47. The molecule has 2 unspecified atom stereocenters. The lowest BCUT2D eigenvalue weighted by Gasteiger charge is -2.13. The van der Waals surface area contributed by atoms with Crippen LogP contribution in [0.1, 0.15) is 33.1 Å². The Balaban J connectivity index is 0. The molecule has 0 aromatic heterocycles. The van der Waals surface area contributed by atoms with Crippen molar-refractivity contribution in [3.63, 3.8) is 0 Å². The van der Waals surface area contributed by atoms with Crippen molar-refractivity contribution in [3.8, 4) is 0 Å². The SMILES string of the molecule is CCCC(C)CC(N)CO.Cl. The van der Waals surface area contributed by atoms with Crippen LogP contribution in [-0.2, 0) is 0 Å². The summed E-state index contributed by atoms with van der Waals surface area (Å²) in [5.41, 5.74) is 5.55. The van der Waals surface area contributed by atoms with E-state index in [0.717, 1.165) is 6.42 Å². The first-order chi connectivity index (χ1) is 4.70. The van der Waals surface area contributed by atoms with E-state index in [1.165, 1.54) is 12.8 Å². The van der Waals surface area contributed by atoms with Crippen molar-refractivity contribution in [1.82, 2.24) is 0 Å². The van der Waals surface area contributed by atoms with E-state index in [4.69, 9.17) is 10.8 Å². The smallest absolute Gasteiger partial charge is 0.0582 e. The van der Waals surface area contributed by atoms with Crippen LogP contribution in [-0.4, -0.2) is 17.8 Å². The van der Waals surface area contributed by atoms with Crippen molar-refractivity contribution in [1.29, 1.82) is 0 Å². The Labute approximate surface area is 75.6 Å². The highest BCUT2D eigenvalue weighted by Gasteiger charge is 2.06. The number of aliphatic hydroxyl groups is 1. The van der Waals surface area contributed by atoms with Gasteiger partial charge in [0.2, 0.25) is 0 Å². The first-order valence-electron chi connectivity index (χ1n) is 4.07. The van der Waals surface area contributed by atoms with E-state index in [-0.39, 0.29) is 25.1 Å². The van der Waals surface area contributed by atoms with Gasteiger partial charge < -0.3 is 10.8 Å². The summed E-state index contributed by atoms with van der Waals surface area (Å²) in [4.78, 5) is 0. The molecule has 0 aliphatic rings. The van der Waals surface area contributed by atoms with E-state index in [9.17, 15) is 0 Å². The van der Waals surface area contributed by atoms with Gasteiger partial charge in [-0.1, -0.05) is 26.7 Å². The van der Waals surface area contributed by atoms with E-state index < -0.39 is 0 Å². The number of hydrogen-bond acceptors (Lipinski definition) is 2. The fourth-order valence-electron chi connectivity index (χ4n) is 1.20. The minimum atomic E-state index is -0.0125. The van der Waals surface area contributed by atoms with E-state index in [1.54, 1.807) is 0 Å². The Kier molecular flexibility index (Phi) is 10.4. The van der Waals surface area contributed by atoms with E-state index in [1.807, 2.05) is 0 Å². The molecule has 0 aromatic rings. The normalized spacial score (nSPS) is 15.3. The summed E-state index contributed by atoms with van der Waals surface area (Å²) >= 11 is 0. The fourth-order valence-corrected chi connectivity index (χ4v) is 1.20. The summed E-state index contributed by atoms with van der Waals surface area (Å²) in [7, 11) is 0. The maximum absolute atomic E-state index is 8.63. The lowest BCUT2D eigenvalue weighted by molar-refractivity contribution is 0.245. The summed E-state index contributed by atoms with van der Waals surface area (Å²) < 4.78 is 0. The van der Waals surface area contributed by atoms with Gasteiger partial charge in [-0.15, -0.1) is 12.4 Å². The molecule has 3 N–H and O–H groups in total. The fraction of sp³-hybridized carbons (Fsp3) is 1.00. The molecular formula is C8H20ClNO. The molecule has 3 heteroatoms. The molecule has 2 nitrogen and oxygen atoms in total.